The number of ether oxygens (including phenoxy) is 2. The summed E-state index contributed by atoms with van der Waals surface area (Å²) < 4.78 is 14.0. The van der Waals surface area contributed by atoms with E-state index in [0.29, 0.717) is 13.2 Å². The van der Waals surface area contributed by atoms with E-state index in [9.17, 15) is 0 Å². The molecule has 0 saturated carbocycles. The first-order valence-corrected chi connectivity index (χ1v) is 6.61. The topological polar surface area (TPSA) is 23.4 Å². The van der Waals surface area contributed by atoms with Crippen molar-refractivity contribution in [1.82, 2.24) is 4.57 Å². The van der Waals surface area contributed by atoms with Crippen molar-refractivity contribution in [3.05, 3.63) is 33.2 Å². The number of benzene rings is 1. The highest BCUT2D eigenvalue weighted by atomic mass is 32.1. The Morgan fingerprint density at radius 2 is 2.00 bits per heavy atom. The molecule has 0 radical (unpaired) electrons. The number of fused-ring (bicyclic) bond motifs is 1. The predicted molar refractivity (Wildman–Crippen MR) is 70.2 cm³/mol. The minimum atomic E-state index is 0.602. The molecule has 1 aromatic heterocycles. The van der Waals surface area contributed by atoms with Crippen LogP contribution in [0.5, 0.6) is 11.5 Å². The second-order valence-corrected chi connectivity index (χ2v) is 5.31. The Labute approximate surface area is 108 Å². The molecule has 0 saturated heterocycles. The minimum Gasteiger partial charge on any atom is -0.486 e. The fourth-order valence-corrected chi connectivity index (χ4v) is 2.99. The molecule has 2 heterocycles. The third-order valence-electron chi connectivity index (χ3n) is 2.65. The Hall–Kier alpha value is -1.33. The molecule has 0 N–H and O–H groups in total. The fraction of sp³-hybridized carbons (Fsp3) is 0.250. The van der Waals surface area contributed by atoms with Crippen LogP contribution in [0.15, 0.2) is 23.6 Å². The molecular formula is C12H11NO2S2. The van der Waals surface area contributed by atoms with Gasteiger partial charge < -0.3 is 9.47 Å². The molecule has 0 amide bonds. The monoisotopic (exact) mass is 265 g/mol. The molecule has 0 aliphatic carbocycles. The van der Waals surface area contributed by atoms with E-state index < -0.39 is 0 Å². The van der Waals surface area contributed by atoms with Crippen LogP contribution in [-0.2, 0) is 0 Å². The average Bonchev–Trinajstić information content (AvgIpc) is 2.68. The zero-order chi connectivity index (χ0) is 11.8. The summed E-state index contributed by atoms with van der Waals surface area (Å²) in [5.74, 6) is 1.60. The van der Waals surface area contributed by atoms with Gasteiger partial charge in [-0.25, -0.2) is 0 Å². The lowest BCUT2D eigenvalue weighted by atomic mass is 10.2. The van der Waals surface area contributed by atoms with Gasteiger partial charge in [0, 0.05) is 17.1 Å². The molecule has 5 heteroatoms. The van der Waals surface area contributed by atoms with Crippen molar-refractivity contribution < 1.29 is 9.47 Å². The van der Waals surface area contributed by atoms with E-state index in [1.54, 1.807) is 11.3 Å². The molecule has 2 aromatic rings. The molecule has 3 nitrogen and oxygen atoms in total. The summed E-state index contributed by atoms with van der Waals surface area (Å²) in [6, 6.07) is 5.91. The van der Waals surface area contributed by atoms with Gasteiger partial charge in [0.2, 0.25) is 0 Å². The highest BCUT2D eigenvalue weighted by Gasteiger charge is 2.13. The lowest BCUT2D eigenvalue weighted by molar-refractivity contribution is 0.171. The van der Waals surface area contributed by atoms with E-state index in [2.05, 4.69) is 5.38 Å². The lowest BCUT2D eigenvalue weighted by Crippen LogP contribution is -2.15. The van der Waals surface area contributed by atoms with Crippen molar-refractivity contribution in [3.8, 4) is 17.2 Å². The van der Waals surface area contributed by atoms with Crippen molar-refractivity contribution in [2.24, 2.45) is 0 Å². The van der Waals surface area contributed by atoms with Crippen molar-refractivity contribution in [1.29, 1.82) is 0 Å². The Kier molecular flexibility index (Phi) is 2.64. The van der Waals surface area contributed by atoms with Gasteiger partial charge in [-0.05, 0) is 31.3 Å². The number of rotatable bonds is 1. The first kappa shape index (κ1) is 10.8. The van der Waals surface area contributed by atoms with E-state index in [0.717, 1.165) is 26.8 Å². The molecule has 3 rings (SSSR count). The van der Waals surface area contributed by atoms with Gasteiger partial charge in [0.25, 0.3) is 0 Å². The second-order valence-electron chi connectivity index (χ2n) is 3.81. The Morgan fingerprint density at radius 3 is 2.71 bits per heavy atom. The van der Waals surface area contributed by atoms with Crippen LogP contribution in [0.3, 0.4) is 0 Å². The molecule has 0 spiro atoms. The summed E-state index contributed by atoms with van der Waals surface area (Å²) in [5.41, 5.74) is 2.16. The zero-order valence-corrected chi connectivity index (χ0v) is 10.9. The summed E-state index contributed by atoms with van der Waals surface area (Å²) in [6.07, 6.45) is 0. The summed E-state index contributed by atoms with van der Waals surface area (Å²) in [4.78, 5) is 0. The molecule has 17 heavy (non-hydrogen) atoms. The fourth-order valence-electron chi connectivity index (χ4n) is 1.87. The molecule has 0 bridgehead atoms. The summed E-state index contributed by atoms with van der Waals surface area (Å²) in [5, 5.41) is 2.05. The van der Waals surface area contributed by atoms with Crippen LogP contribution in [0, 0.1) is 10.9 Å². The van der Waals surface area contributed by atoms with E-state index in [4.69, 9.17) is 21.7 Å². The summed E-state index contributed by atoms with van der Waals surface area (Å²) in [6.45, 7) is 3.26. The average molecular weight is 265 g/mol. The highest BCUT2D eigenvalue weighted by Crippen LogP contribution is 2.32. The molecule has 1 aliphatic heterocycles. The first-order valence-electron chi connectivity index (χ1n) is 5.33. The van der Waals surface area contributed by atoms with Crippen LogP contribution in [-0.4, -0.2) is 17.8 Å². The van der Waals surface area contributed by atoms with E-state index in [1.165, 1.54) is 0 Å². The largest absolute Gasteiger partial charge is 0.486 e. The van der Waals surface area contributed by atoms with Crippen LogP contribution in [0.2, 0.25) is 0 Å². The van der Waals surface area contributed by atoms with E-state index in [1.807, 2.05) is 29.7 Å². The maximum atomic E-state index is 5.57. The van der Waals surface area contributed by atoms with Gasteiger partial charge in [-0.2, -0.15) is 0 Å². The minimum absolute atomic E-state index is 0.602. The molecule has 0 unspecified atom stereocenters. The second kappa shape index (κ2) is 4.16. The number of aryl methyl sites for hydroxylation is 1. The third kappa shape index (κ3) is 1.85. The van der Waals surface area contributed by atoms with Gasteiger partial charge in [0.1, 0.15) is 13.2 Å². The van der Waals surface area contributed by atoms with E-state index >= 15 is 0 Å². The van der Waals surface area contributed by atoms with Crippen LogP contribution < -0.4 is 9.47 Å². The molecule has 88 valence electrons. The number of hydrogen-bond donors (Lipinski definition) is 0. The highest BCUT2D eigenvalue weighted by molar-refractivity contribution is 7.73. The summed E-state index contributed by atoms with van der Waals surface area (Å²) >= 11 is 6.89. The van der Waals surface area contributed by atoms with Gasteiger partial charge in [0.05, 0.1) is 5.69 Å². The predicted octanol–water partition coefficient (Wildman–Crippen LogP) is 3.35. The third-order valence-corrected chi connectivity index (χ3v) is 3.96. The van der Waals surface area contributed by atoms with Gasteiger partial charge in [-0.1, -0.05) is 0 Å². The van der Waals surface area contributed by atoms with Crippen LogP contribution >= 0.6 is 23.6 Å². The maximum absolute atomic E-state index is 5.57. The van der Waals surface area contributed by atoms with E-state index in [-0.39, 0.29) is 0 Å². The lowest BCUT2D eigenvalue weighted by Gasteiger charge is -2.19. The SMILES string of the molecule is Cc1csc(=S)n1-c1ccc2c(c1)OCCO2. The standard InChI is InChI=1S/C12H11NO2S2/c1-8-7-17-12(16)13(8)9-2-3-10-11(6-9)15-5-4-14-10/h2-3,6-7H,4-5H2,1H3. The Bertz CT molecular complexity index is 615. The van der Waals surface area contributed by atoms with Crippen molar-refractivity contribution >= 4 is 23.6 Å². The van der Waals surface area contributed by atoms with Crippen LogP contribution in [0.1, 0.15) is 5.69 Å². The quantitative estimate of drug-likeness (QED) is 0.739. The van der Waals surface area contributed by atoms with Crippen molar-refractivity contribution in [3.63, 3.8) is 0 Å². The number of aromatic nitrogens is 1. The van der Waals surface area contributed by atoms with Gasteiger partial charge in [0.15, 0.2) is 15.5 Å². The molecule has 1 aromatic carbocycles. The molecular weight excluding hydrogens is 254 g/mol. The van der Waals surface area contributed by atoms with Crippen molar-refractivity contribution in [2.75, 3.05) is 13.2 Å². The van der Waals surface area contributed by atoms with Crippen molar-refractivity contribution in [2.45, 2.75) is 6.92 Å². The molecule has 0 atom stereocenters. The van der Waals surface area contributed by atoms with Crippen LogP contribution in [0.4, 0.5) is 0 Å². The zero-order valence-electron chi connectivity index (χ0n) is 9.30. The van der Waals surface area contributed by atoms with Gasteiger partial charge in [-0.3, -0.25) is 4.57 Å². The van der Waals surface area contributed by atoms with Gasteiger partial charge >= 0.3 is 0 Å². The Morgan fingerprint density at radius 1 is 1.24 bits per heavy atom. The molecule has 1 aliphatic rings. The molecule has 0 fully saturated rings. The van der Waals surface area contributed by atoms with Gasteiger partial charge in [-0.15, -0.1) is 11.3 Å². The maximum Gasteiger partial charge on any atom is 0.165 e. The first-order chi connectivity index (χ1) is 8.25. The number of hydrogen-bond acceptors (Lipinski definition) is 4. The normalized spacial score (nSPS) is 13.7. The number of nitrogens with zero attached hydrogens (tertiary/aromatic N) is 1. The smallest absolute Gasteiger partial charge is 0.165 e. The number of thiazole rings is 1. The Balaban J connectivity index is 2.13. The van der Waals surface area contributed by atoms with Crippen LogP contribution in [0.25, 0.3) is 5.69 Å². The summed E-state index contributed by atoms with van der Waals surface area (Å²) in [7, 11) is 0.